The van der Waals surface area contributed by atoms with Crippen molar-refractivity contribution in [2.75, 3.05) is 26.2 Å². The first-order valence-corrected chi connectivity index (χ1v) is 10.9. The van der Waals surface area contributed by atoms with Crippen LogP contribution >= 0.6 is 0 Å². The summed E-state index contributed by atoms with van der Waals surface area (Å²) in [6, 6.07) is 13.4. The van der Waals surface area contributed by atoms with Crippen LogP contribution in [0.3, 0.4) is 0 Å². The molecular weight excluding hydrogens is 376 g/mol. The molecule has 0 bridgehead atoms. The normalized spacial score (nSPS) is 11.6. The number of para-hydroxylation sites is 1. The van der Waals surface area contributed by atoms with Crippen molar-refractivity contribution in [1.82, 2.24) is 9.62 Å². The van der Waals surface area contributed by atoms with Gasteiger partial charge < -0.3 is 9.64 Å². The van der Waals surface area contributed by atoms with Crippen molar-refractivity contribution in [3.05, 3.63) is 59.7 Å². The van der Waals surface area contributed by atoms with E-state index in [0.29, 0.717) is 17.9 Å². The SMILES string of the molecule is CCN(CC)CCOc1ccccc1CNS(=O)(=O)c1cccc(C(C)=O)c1. The fourth-order valence-corrected chi connectivity index (χ4v) is 3.81. The van der Waals surface area contributed by atoms with Crippen LogP contribution in [0.15, 0.2) is 53.4 Å². The van der Waals surface area contributed by atoms with Gasteiger partial charge in [-0.2, -0.15) is 0 Å². The largest absolute Gasteiger partial charge is 0.492 e. The fourth-order valence-electron chi connectivity index (χ4n) is 2.75. The maximum atomic E-state index is 12.6. The number of ether oxygens (including phenoxy) is 1. The highest BCUT2D eigenvalue weighted by molar-refractivity contribution is 7.89. The van der Waals surface area contributed by atoms with Gasteiger partial charge in [-0.1, -0.05) is 44.2 Å². The van der Waals surface area contributed by atoms with Crippen LogP contribution in [0, 0.1) is 0 Å². The third-order valence-corrected chi connectivity index (χ3v) is 5.93. The van der Waals surface area contributed by atoms with E-state index in [0.717, 1.165) is 25.2 Å². The van der Waals surface area contributed by atoms with Gasteiger partial charge in [-0.25, -0.2) is 13.1 Å². The Morgan fingerprint density at radius 2 is 1.79 bits per heavy atom. The van der Waals surface area contributed by atoms with E-state index in [1.54, 1.807) is 12.1 Å². The van der Waals surface area contributed by atoms with E-state index in [1.807, 2.05) is 24.3 Å². The Labute approximate surface area is 167 Å². The van der Waals surface area contributed by atoms with E-state index in [-0.39, 0.29) is 17.2 Å². The number of rotatable bonds is 11. The van der Waals surface area contributed by atoms with Gasteiger partial charge in [0.2, 0.25) is 10.0 Å². The van der Waals surface area contributed by atoms with E-state index < -0.39 is 10.0 Å². The third kappa shape index (κ3) is 6.15. The van der Waals surface area contributed by atoms with Crippen LogP contribution in [0.4, 0.5) is 0 Å². The number of benzene rings is 2. The van der Waals surface area contributed by atoms with Gasteiger partial charge in [0.15, 0.2) is 5.78 Å². The number of nitrogens with one attached hydrogen (secondary N) is 1. The van der Waals surface area contributed by atoms with Gasteiger partial charge in [0, 0.05) is 24.2 Å². The molecule has 0 unspecified atom stereocenters. The molecule has 152 valence electrons. The molecule has 0 aliphatic carbocycles. The molecule has 2 aromatic carbocycles. The second-order valence-electron chi connectivity index (χ2n) is 6.39. The molecule has 28 heavy (non-hydrogen) atoms. The number of hydrogen-bond donors (Lipinski definition) is 1. The summed E-state index contributed by atoms with van der Waals surface area (Å²) in [6.45, 7) is 8.98. The van der Waals surface area contributed by atoms with Crippen molar-refractivity contribution in [2.45, 2.75) is 32.2 Å². The van der Waals surface area contributed by atoms with Crippen molar-refractivity contribution >= 4 is 15.8 Å². The molecule has 1 N–H and O–H groups in total. The van der Waals surface area contributed by atoms with Gasteiger partial charge in [-0.3, -0.25) is 4.79 Å². The summed E-state index contributed by atoms with van der Waals surface area (Å²) in [5.41, 5.74) is 1.12. The van der Waals surface area contributed by atoms with Crippen LogP contribution in [-0.2, 0) is 16.6 Å². The minimum atomic E-state index is -3.74. The number of carbonyl (C=O) groups excluding carboxylic acids is 1. The first-order chi connectivity index (χ1) is 13.4. The lowest BCUT2D eigenvalue weighted by molar-refractivity contribution is 0.101. The standard InChI is InChI=1S/C21H28N2O4S/c1-4-23(5-2)13-14-27-21-12-7-6-9-19(21)16-22-28(25,26)20-11-8-10-18(15-20)17(3)24/h6-12,15,22H,4-5,13-14,16H2,1-3H3. The van der Waals surface area contributed by atoms with Crippen molar-refractivity contribution in [2.24, 2.45) is 0 Å². The van der Waals surface area contributed by atoms with Crippen molar-refractivity contribution in [1.29, 1.82) is 0 Å². The van der Waals surface area contributed by atoms with Crippen molar-refractivity contribution in [3.63, 3.8) is 0 Å². The Balaban J connectivity index is 2.06. The molecule has 0 radical (unpaired) electrons. The monoisotopic (exact) mass is 404 g/mol. The highest BCUT2D eigenvalue weighted by Gasteiger charge is 2.16. The van der Waals surface area contributed by atoms with Gasteiger partial charge >= 0.3 is 0 Å². The number of likely N-dealkylation sites (N-methyl/N-ethyl adjacent to an activating group) is 1. The van der Waals surface area contributed by atoms with E-state index in [2.05, 4.69) is 23.5 Å². The van der Waals surface area contributed by atoms with Gasteiger partial charge in [0.1, 0.15) is 12.4 Å². The fraction of sp³-hybridized carbons (Fsp3) is 0.381. The Kier molecular flexibility index (Phi) is 8.17. The second kappa shape index (κ2) is 10.4. The Morgan fingerprint density at radius 1 is 1.07 bits per heavy atom. The minimum absolute atomic E-state index is 0.0696. The molecule has 0 fully saturated rings. The van der Waals surface area contributed by atoms with Crippen LogP contribution in [0.25, 0.3) is 0 Å². The molecule has 6 nitrogen and oxygen atoms in total. The number of sulfonamides is 1. The quantitative estimate of drug-likeness (QED) is 0.583. The number of carbonyl (C=O) groups is 1. The topological polar surface area (TPSA) is 75.7 Å². The average Bonchev–Trinajstić information content (AvgIpc) is 2.70. The summed E-state index contributed by atoms with van der Waals surface area (Å²) in [7, 11) is -3.74. The predicted octanol–water partition coefficient (Wildman–Crippen LogP) is 3.09. The van der Waals surface area contributed by atoms with Crippen LogP contribution < -0.4 is 9.46 Å². The molecule has 0 spiro atoms. The average molecular weight is 405 g/mol. The summed E-state index contributed by atoms with van der Waals surface area (Å²) in [5.74, 6) is 0.485. The van der Waals surface area contributed by atoms with Crippen molar-refractivity contribution < 1.29 is 17.9 Å². The smallest absolute Gasteiger partial charge is 0.240 e. The molecule has 0 atom stereocenters. The molecule has 0 aromatic heterocycles. The predicted molar refractivity (Wildman–Crippen MR) is 110 cm³/mol. The highest BCUT2D eigenvalue weighted by Crippen LogP contribution is 2.19. The van der Waals surface area contributed by atoms with Gasteiger partial charge in [0.25, 0.3) is 0 Å². The Bertz CT molecular complexity index is 893. The summed E-state index contributed by atoms with van der Waals surface area (Å²) < 4.78 is 33.7. The van der Waals surface area contributed by atoms with E-state index in [4.69, 9.17) is 4.74 Å². The number of ketones is 1. The third-order valence-electron chi connectivity index (χ3n) is 4.54. The summed E-state index contributed by atoms with van der Waals surface area (Å²) >= 11 is 0. The van der Waals surface area contributed by atoms with Crippen LogP contribution in [0.2, 0.25) is 0 Å². The molecule has 0 amide bonds. The van der Waals surface area contributed by atoms with E-state index >= 15 is 0 Å². The first kappa shape index (κ1) is 22.1. The number of Topliss-reactive ketones (excluding diaryl/α,β-unsaturated/α-hetero) is 1. The van der Waals surface area contributed by atoms with Crippen LogP contribution in [0.1, 0.15) is 36.7 Å². The van der Waals surface area contributed by atoms with Gasteiger partial charge in [-0.15, -0.1) is 0 Å². The van der Waals surface area contributed by atoms with Gasteiger partial charge in [-0.05, 0) is 38.2 Å². The van der Waals surface area contributed by atoms with Gasteiger partial charge in [0.05, 0.1) is 4.90 Å². The number of nitrogens with zero attached hydrogens (tertiary/aromatic N) is 1. The molecule has 0 saturated carbocycles. The Hall–Kier alpha value is -2.22. The van der Waals surface area contributed by atoms with E-state index in [9.17, 15) is 13.2 Å². The maximum Gasteiger partial charge on any atom is 0.240 e. The highest BCUT2D eigenvalue weighted by atomic mass is 32.2. The molecular formula is C21H28N2O4S. The number of hydrogen-bond acceptors (Lipinski definition) is 5. The summed E-state index contributed by atoms with van der Waals surface area (Å²) in [4.78, 5) is 13.8. The zero-order valence-corrected chi connectivity index (χ0v) is 17.5. The lowest BCUT2D eigenvalue weighted by Gasteiger charge is -2.19. The molecule has 0 saturated heterocycles. The first-order valence-electron chi connectivity index (χ1n) is 9.41. The Morgan fingerprint density at radius 3 is 2.46 bits per heavy atom. The summed E-state index contributed by atoms with van der Waals surface area (Å²) in [6.07, 6.45) is 0. The lowest BCUT2D eigenvalue weighted by Crippen LogP contribution is -2.28. The maximum absolute atomic E-state index is 12.6. The zero-order valence-electron chi connectivity index (χ0n) is 16.6. The summed E-state index contributed by atoms with van der Waals surface area (Å²) in [5, 5.41) is 0. The minimum Gasteiger partial charge on any atom is -0.492 e. The van der Waals surface area contributed by atoms with Crippen LogP contribution in [0.5, 0.6) is 5.75 Å². The molecule has 7 heteroatoms. The molecule has 2 aromatic rings. The molecule has 0 aliphatic rings. The van der Waals surface area contributed by atoms with E-state index in [1.165, 1.54) is 19.1 Å². The molecule has 0 aliphatic heterocycles. The second-order valence-corrected chi connectivity index (χ2v) is 8.16. The zero-order chi connectivity index (χ0) is 20.6. The lowest BCUT2D eigenvalue weighted by atomic mass is 10.2. The van der Waals surface area contributed by atoms with Crippen molar-refractivity contribution in [3.8, 4) is 5.75 Å². The van der Waals surface area contributed by atoms with Crippen LogP contribution in [-0.4, -0.2) is 45.3 Å². The molecule has 2 rings (SSSR count). The molecule has 0 heterocycles.